The molecule has 0 unspecified atom stereocenters. The summed E-state index contributed by atoms with van der Waals surface area (Å²) >= 11 is 3.34. The number of carbonyl (C=O) groups is 2. The number of anilines is 1. The second kappa shape index (κ2) is 7.88. The number of aryl methyl sites for hydroxylation is 3. The van der Waals surface area contributed by atoms with E-state index in [0.29, 0.717) is 5.69 Å². The lowest BCUT2D eigenvalue weighted by Crippen LogP contribution is -2.32. The van der Waals surface area contributed by atoms with Crippen molar-refractivity contribution in [3.05, 3.63) is 63.1 Å². The zero-order chi connectivity index (χ0) is 17.7. The molecular weight excluding hydrogens is 370 g/mol. The lowest BCUT2D eigenvalue weighted by Gasteiger charge is -2.12. The SMILES string of the molecule is Cc1cc(C)c(NC(=O)C(=O)NN=Cc2ccc(Br)cc2)c(C)c1. The highest BCUT2D eigenvalue weighted by atomic mass is 79.9. The van der Waals surface area contributed by atoms with Crippen molar-refractivity contribution in [2.24, 2.45) is 5.10 Å². The molecule has 0 aliphatic heterocycles. The number of rotatable bonds is 3. The van der Waals surface area contributed by atoms with Gasteiger partial charge in [0.2, 0.25) is 0 Å². The molecular formula is C18H18BrN3O2. The molecule has 124 valence electrons. The summed E-state index contributed by atoms with van der Waals surface area (Å²) in [5.41, 5.74) is 6.60. The van der Waals surface area contributed by atoms with Gasteiger partial charge in [0.05, 0.1) is 6.21 Å². The second-order valence-corrected chi connectivity index (χ2v) is 6.39. The molecule has 2 aromatic rings. The fourth-order valence-electron chi connectivity index (χ4n) is 2.31. The normalized spacial score (nSPS) is 10.7. The van der Waals surface area contributed by atoms with Crippen molar-refractivity contribution in [2.45, 2.75) is 20.8 Å². The third kappa shape index (κ3) is 4.76. The molecule has 5 nitrogen and oxygen atoms in total. The van der Waals surface area contributed by atoms with Crippen LogP contribution in [0, 0.1) is 20.8 Å². The van der Waals surface area contributed by atoms with Crippen molar-refractivity contribution in [3.8, 4) is 0 Å². The van der Waals surface area contributed by atoms with Gasteiger partial charge in [-0.1, -0.05) is 45.8 Å². The summed E-state index contributed by atoms with van der Waals surface area (Å²) in [7, 11) is 0. The number of benzene rings is 2. The van der Waals surface area contributed by atoms with E-state index in [1.807, 2.05) is 57.2 Å². The van der Waals surface area contributed by atoms with Gasteiger partial charge in [-0.05, 0) is 49.6 Å². The van der Waals surface area contributed by atoms with Crippen LogP contribution in [-0.4, -0.2) is 18.0 Å². The quantitative estimate of drug-likeness (QED) is 0.480. The van der Waals surface area contributed by atoms with Crippen LogP contribution in [0.4, 0.5) is 5.69 Å². The minimum absolute atomic E-state index is 0.651. The molecule has 0 fully saturated rings. The molecule has 0 aliphatic carbocycles. The van der Waals surface area contributed by atoms with Crippen LogP contribution in [-0.2, 0) is 9.59 Å². The first-order valence-electron chi connectivity index (χ1n) is 7.34. The first-order valence-corrected chi connectivity index (χ1v) is 8.14. The molecule has 0 saturated heterocycles. The van der Waals surface area contributed by atoms with E-state index in [0.717, 1.165) is 26.7 Å². The van der Waals surface area contributed by atoms with Crippen LogP contribution < -0.4 is 10.7 Å². The maximum Gasteiger partial charge on any atom is 0.329 e. The molecule has 0 heterocycles. The Morgan fingerprint density at radius 3 is 2.17 bits per heavy atom. The van der Waals surface area contributed by atoms with Gasteiger partial charge >= 0.3 is 11.8 Å². The van der Waals surface area contributed by atoms with Gasteiger partial charge in [0.25, 0.3) is 0 Å². The zero-order valence-electron chi connectivity index (χ0n) is 13.7. The summed E-state index contributed by atoms with van der Waals surface area (Å²) in [6.45, 7) is 5.76. The van der Waals surface area contributed by atoms with Gasteiger partial charge in [-0.2, -0.15) is 5.10 Å². The third-order valence-corrected chi connectivity index (χ3v) is 3.90. The van der Waals surface area contributed by atoms with Crippen LogP contribution in [0.1, 0.15) is 22.3 Å². The molecule has 2 amide bonds. The van der Waals surface area contributed by atoms with E-state index in [1.165, 1.54) is 6.21 Å². The Kier molecular flexibility index (Phi) is 5.87. The van der Waals surface area contributed by atoms with Crippen LogP contribution in [0.5, 0.6) is 0 Å². The van der Waals surface area contributed by atoms with Crippen LogP contribution in [0.3, 0.4) is 0 Å². The van der Waals surface area contributed by atoms with Crippen LogP contribution in [0.2, 0.25) is 0 Å². The lowest BCUT2D eigenvalue weighted by molar-refractivity contribution is -0.136. The zero-order valence-corrected chi connectivity index (χ0v) is 15.3. The van der Waals surface area contributed by atoms with Crippen LogP contribution in [0.15, 0.2) is 46.0 Å². The topological polar surface area (TPSA) is 70.6 Å². The summed E-state index contributed by atoms with van der Waals surface area (Å²) in [4.78, 5) is 23.8. The Balaban J connectivity index is 1.98. The van der Waals surface area contributed by atoms with Gasteiger partial charge in [0.1, 0.15) is 0 Å². The summed E-state index contributed by atoms with van der Waals surface area (Å²) in [6, 6.07) is 11.3. The summed E-state index contributed by atoms with van der Waals surface area (Å²) < 4.78 is 0.951. The molecule has 0 aliphatic rings. The van der Waals surface area contributed by atoms with E-state index >= 15 is 0 Å². The van der Waals surface area contributed by atoms with E-state index < -0.39 is 11.8 Å². The average Bonchev–Trinajstić information content (AvgIpc) is 2.52. The molecule has 2 rings (SSSR count). The third-order valence-electron chi connectivity index (χ3n) is 3.37. The van der Waals surface area contributed by atoms with E-state index in [1.54, 1.807) is 0 Å². The monoisotopic (exact) mass is 387 g/mol. The molecule has 2 N–H and O–H groups in total. The van der Waals surface area contributed by atoms with E-state index in [2.05, 4.69) is 31.8 Å². The first-order chi connectivity index (χ1) is 11.4. The Hall–Kier alpha value is -2.47. The Morgan fingerprint density at radius 2 is 1.58 bits per heavy atom. The minimum Gasteiger partial charge on any atom is -0.317 e. The largest absolute Gasteiger partial charge is 0.329 e. The van der Waals surface area contributed by atoms with Crippen LogP contribution >= 0.6 is 15.9 Å². The van der Waals surface area contributed by atoms with E-state index in [4.69, 9.17) is 0 Å². The number of nitrogens with one attached hydrogen (secondary N) is 2. The predicted octanol–water partition coefficient (Wildman–Crippen LogP) is 3.46. The Morgan fingerprint density at radius 1 is 1.00 bits per heavy atom. The Labute approximate surface area is 149 Å². The number of hydrazone groups is 1. The maximum absolute atomic E-state index is 12.0. The number of hydrogen-bond donors (Lipinski definition) is 2. The van der Waals surface area contributed by atoms with Crippen molar-refractivity contribution >= 4 is 39.6 Å². The van der Waals surface area contributed by atoms with Crippen molar-refractivity contribution in [1.29, 1.82) is 0 Å². The lowest BCUT2D eigenvalue weighted by atomic mass is 10.1. The van der Waals surface area contributed by atoms with Gasteiger partial charge in [-0.3, -0.25) is 9.59 Å². The van der Waals surface area contributed by atoms with Crippen LogP contribution in [0.25, 0.3) is 0 Å². The highest BCUT2D eigenvalue weighted by Gasteiger charge is 2.15. The molecule has 2 aromatic carbocycles. The number of hydrogen-bond acceptors (Lipinski definition) is 3. The Bertz CT molecular complexity index is 775. The predicted molar refractivity (Wildman–Crippen MR) is 99.2 cm³/mol. The average molecular weight is 388 g/mol. The number of carbonyl (C=O) groups excluding carboxylic acids is 2. The highest BCUT2D eigenvalue weighted by Crippen LogP contribution is 2.21. The van der Waals surface area contributed by atoms with Crippen molar-refractivity contribution < 1.29 is 9.59 Å². The number of nitrogens with zero attached hydrogens (tertiary/aromatic N) is 1. The summed E-state index contributed by atoms with van der Waals surface area (Å²) in [6.07, 6.45) is 1.47. The molecule has 0 atom stereocenters. The maximum atomic E-state index is 12.0. The first kappa shape index (κ1) is 17.9. The standard InChI is InChI=1S/C18H18BrN3O2/c1-11-8-12(2)16(13(3)9-11)21-17(23)18(24)22-20-10-14-4-6-15(19)7-5-14/h4-10H,1-3H3,(H,21,23)(H,22,24). The molecule has 6 heteroatoms. The summed E-state index contributed by atoms with van der Waals surface area (Å²) in [5, 5.41) is 6.42. The molecule has 0 spiro atoms. The van der Waals surface area contributed by atoms with Crippen molar-refractivity contribution in [3.63, 3.8) is 0 Å². The molecule has 24 heavy (non-hydrogen) atoms. The van der Waals surface area contributed by atoms with Gasteiger partial charge in [0.15, 0.2) is 0 Å². The van der Waals surface area contributed by atoms with Crippen molar-refractivity contribution in [2.75, 3.05) is 5.32 Å². The van der Waals surface area contributed by atoms with E-state index in [-0.39, 0.29) is 0 Å². The molecule has 0 bridgehead atoms. The van der Waals surface area contributed by atoms with E-state index in [9.17, 15) is 9.59 Å². The number of halogens is 1. The van der Waals surface area contributed by atoms with Gasteiger partial charge < -0.3 is 5.32 Å². The fourth-order valence-corrected chi connectivity index (χ4v) is 2.58. The van der Waals surface area contributed by atoms with Crippen molar-refractivity contribution in [1.82, 2.24) is 5.43 Å². The smallest absolute Gasteiger partial charge is 0.317 e. The van der Waals surface area contributed by atoms with Gasteiger partial charge in [0, 0.05) is 10.2 Å². The van der Waals surface area contributed by atoms with Gasteiger partial charge in [-0.15, -0.1) is 0 Å². The van der Waals surface area contributed by atoms with Gasteiger partial charge in [-0.25, -0.2) is 5.43 Å². The highest BCUT2D eigenvalue weighted by molar-refractivity contribution is 9.10. The summed E-state index contributed by atoms with van der Waals surface area (Å²) in [5.74, 6) is -1.57. The second-order valence-electron chi connectivity index (χ2n) is 5.48. The molecule has 0 aromatic heterocycles. The number of amides is 2. The molecule has 0 radical (unpaired) electrons. The fraction of sp³-hybridized carbons (Fsp3) is 0.167. The minimum atomic E-state index is -0.817. The molecule has 0 saturated carbocycles.